The second-order valence-electron chi connectivity index (χ2n) is 5.86. The average molecular weight is 307 g/mol. The highest BCUT2D eigenvalue weighted by Crippen LogP contribution is 2.34. The molecule has 5 nitrogen and oxygen atoms in total. The lowest BCUT2D eigenvalue weighted by Gasteiger charge is -2.18. The minimum Gasteiger partial charge on any atom is -0.464 e. The fourth-order valence-electron chi connectivity index (χ4n) is 3.08. The summed E-state index contributed by atoms with van der Waals surface area (Å²) in [6.07, 6.45) is 6.06. The fourth-order valence-corrected chi connectivity index (χ4v) is 3.08. The number of fused-ring (bicyclic) bond motifs is 2. The molecule has 0 atom stereocenters. The molecule has 0 radical (unpaired) electrons. The highest BCUT2D eigenvalue weighted by Gasteiger charge is 2.23. The minimum absolute atomic E-state index is 0.0402. The first kappa shape index (κ1) is 13.8. The molecule has 0 saturated carbocycles. The molecule has 3 heterocycles. The summed E-state index contributed by atoms with van der Waals surface area (Å²) in [5.41, 5.74) is 5.11. The van der Waals surface area contributed by atoms with Gasteiger partial charge >= 0.3 is 0 Å². The van der Waals surface area contributed by atoms with Gasteiger partial charge in [-0.3, -0.25) is 9.78 Å². The van der Waals surface area contributed by atoms with Crippen LogP contribution in [0.1, 0.15) is 11.1 Å². The number of pyridine rings is 1. The van der Waals surface area contributed by atoms with Crippen LogP contribution >= 0.6 is 0 Å². The standard InChI is InChI=1S/C18H17N3O2/c1-12-11-23-17-8-16-13(7-15(12)17)4-6-21(16)10-18(22)20-14-3-2-5-19-9-14/h2-3,5,7-9,11H,4,6,10H2,1H3,(H,20,22). The molecule has 5 heteroatoms. The van der Waals surface area contributed by atoms with Gasteiger partial charge in [0, 0.05) is 29.9 Å². The number of benzene rings is 1. The van der Waals surface area contributed by atoms with Crippen LogP contribution in [0.2, 0.25) is 0 Å². The van der Waals surface area contributed by atoms with E-state index in [1.54, 1.807) is 24.7 Å². The number of amides is 1. The number of nitrogens with one attached hydrogen (secondary N) is 1. The molecular weight excluding hydrogens is 290 g/mol. The summed E-state index contributed by atoms with van der Waals surface area (Å²) in [6, 6.07) is 7.86. The molecule has 1 aliphatic heterocycles. The predicted octanol–water partition coefficient (Wildman–Crippen LogP) is 3.14. The lowest BCUT2D eigenvalue weighted by molar-refractivity contribution is -0.115. The van der Waals surface area contributed by atoms with Crippen molar-refractivity contribution in [3.8, 4) is 0 Å². The van der Waals surface area contributed by atoms with Gasteiger partial charge in [-0.25, -0.2) is 0 Å². The summed E-state index contributed by atoms with van der Waals surface area (Å²) in [7, 11) is 0. The lowest BCUT2D eigenvalue weighted by Crippen LogP contribution is -2.31. The Labute approximate surface area is 133 Å². The first-order chi connectivity index (χ1) is 11.2. The van der Waals surface area contributed by atoms with E-state index in [1.807, 2.05) is 19.1 Å². The summed E-state index contributed by atoms with van der Waals surface area (Å²) < 4.78 is 5.59. The van der Waals surface area contributed by atoms with E-state index < -0.39 is 0 Å². The van der Waals surface area contributed by atoms with Crippen LogP contribution in [0.25, 0.3) is 11.0 Å². The van der Waals surface area contributed by atoms with Gasteiger partial charge in [0.15, 0.2) is 0 Å². The molecule has 1 amide bonds. The Kier molecular flexibility index (Phi) is 3.26. The van der Waals surface area contributed by atoms with Gasteiger partial charge in [-0.05, 0) is 42.7 Å². The molecule has 0 aliphatic carbocycles. The fraction of sp³-hybridized carbons (Fsp3) is 0.222. The van der Waals surface area contributed by atoms with Gasteiger partial charge in [-0.15, -0.1) is 0 Å². The Bertz CT molecular complexity index is 871. The maximum absolute atomic E-state index is 12.2. The third-order valence-corrected chi connectivity index (χ3v) is 4.24. The summed E-state index contributed by atoms with van der Waals surface area (Å²) in [4.78, 5) is 18.3. The largest absolute Gasteiger partial charge is 0.464 e. The highest BCUT2D eigenvalue weighted by molar-refractivity contribution is 5.95. The van der Waals surface area contributed by atoms with Gasteiger partial charge in [0.25, 0.3) is 0 Å². The Morgan fingerprint density at radius 1 is 1.43 bits per heavy atom. The molecule has 2 aromatic heterocycles. The van der Waals surface area contributed by atoms with Gasteiger partial charge in [0.05, 0.1) is 24.7 Å². The van der Waals surface area contributed by atoms with Gasteiger partial charge in [-0.1, -0.05) is 0 Å². The molecule has 23 heavy (non-hydrogen) atoms. The van der Waals surface area contributed by atoms with Crippen LogP contribution in [-0.2, 0) is 11.2 Å². The second-order valence-corrected chi connectivity index (χ2v) is 5.86. The van der Waals surface area contributed by atoms with Crippen LogP contribution in [0.5, 0.6) is 0 Å². The zero-order valence-electron chi connectivity index (χ0n) is 12.9. The van der Waals surface area contributed by atoms with E-state index in [1.165, 1.54) is 5.56 Å². The molecule has 1 aromatic carbocycles. The Balaban J connectivity index is 1.54. The van der Waals surface area contributed by atoms with Crippen LogP contribution in [0, 0.1) is 6.92 Å². The molecule has 1 aliphatic rings. The average Bonchev–Trinajstić information content (AvgIpc) is 3.11. The van der Waals surface area contributed by atoms with Crippen LogP contribution in [0.3, 0.4) is 0 Å². The van der Waals surface area contributed by atoms with Crippen LogP contribution in [-0.4, -0.2) is 24.0 Å². The SMILES string of the molecule is Cc1coc2cc3c(cc12)CCN3CC(=O)Nc1cccnc1. The maximum Gasteiger partial charge on any atom is 0.243 e. The van der Waals surface area contributed by atoms with Crippen molar-refractivity contribution >= 4 is 28.3 Å². The van der Waals surface area contributed by atoms with Crippen molar-refractivity contribution in [2.24, 2.45) is 0 Å². The number of furan rings is 1. The van der Waals surface area contributed by atoms with Crippen molar-refractivity contribution in [1.29, 1.82) is 0 Å². The minimum atomic E-state index is -0.0402. The van der Waals surface area contributed by atoms with Crippen molar-refractivity contribution in [2.45, 2.75) is 13.3 Å². The number of carbonyl (C=O) groups is 1. The number of carbonyl (C=O) groups excluding carboxylic acids is 1. The summed E-state index contributed by atoms with van der Waals surface area (Å²) in [6.45, 7) is 3.22. The lowest BCUT2D eigenvalue weighted by atomic mass is 10.1. The Hall–Kier alpha value is -2.82. The topological polar surface area (TPSA) is 58.4 Å². The van der Waals surface area contributed by atoms with E-state index in [9.17, 15) is 4.79 Å². The Morgan fingerprint density at radius 2 is 2.35 bits per heavy atom. The van der Waals surface area contributed by atoms with Gasteiger partial charge in [0.1, 0.15) is 5.58 Å². The summed E-state index contributed by atoms with van der Waals surface area (Å²) >= 11 is 0. The molecule has 0 unspecified atom stereocenters. The summed E-state index contributed by atoms with van der Waals surface area (Å²) in [5.74, 6) is -0.0402. The number of hydrogen-bond acceptors (Lipinski definition) is 4. The van der Waals surface area contributed by atoms with E-state index in [2.05, 4.69) is 21.3 Å². The van der Waals surface area contributed by atoms with E-state index in [-0.39, 0.29) is 5.91 Å². The Morgan fingerprint density at radius 3 is 3.17 bits per heavy atom. The number of nitrogens with zero attached hydrogens (tertiary/aromatic N) is 2. The third-order valence-electron chi connectivity index (χ3n) is 4.24. The van der Waals surface area contributed by atoms with Crippen LogP contribution in [0.15, 0.2) is 47.3 Å². The molecule has 3 aromatic rings. The molecule has 116 valence electrons. The maximum atomic E-state index is 12.2. The molecule has 1 N–H and O–H groups in total. The van der Waals surface area contributed by atoms with Crippen molar-refractivity contribution < 1.29 is 9.21 Å². The van der Waals surface area contributed by atoms with E-state index >= 15 is 0 Å². The van der Waals surface area contributed by atoms with E-state index in [0.717, 1.165) is 35.2 Å². The normalized spacial score (nSPS) is 13.3. The third kappa shape index (κ3) is 2.54. The zero-order chi connectivity index (χ0) is 15.8. The first-order valence-electron chi connectivity index (χ1n) is 7.66. The van der Waals surface area contributed by atoms with Gasteiger partial charge < -0.3 is 14.6 Å². The monoisotopic (exact) mass is 307 g/mol. The smallest absolute Gasteiger partial charge is 0.243 e. The van der Waals surface area contributed by atoms with Crippen molar-refractivity contribution in [2.75, 3.05) is 23.3 Å². The zero-order valence-corrected chi connectivity index (χ0v) is 12.9. The molecule has 0 spiro atoms. The van der Waals surface area contributed by atoms with Crippen LogP contribution < -0.4 is 10.2 Å². The number of rotatable bonds is 3. The van der Waals surface area contributed by atoms with Crippen molar-refractivity contribution in [3.63, 3.8) is 0 Å². The van der Waals surface area contributed by atoms with Crippen molar-refractivity contribution in [1.82, 2.24) is 4.98 Å². The van der Waals surface area contributed by atoms with E-state index in [0.29, 0.717) is 12.2 Å². The summed E-state index contributed by atoms with van der Waals surface area (Å²) in [5, 5.41) is 4.03. The quantitative estimate of drug-likeness (QED) is 0.807. The molecule has 4 rings (SSSR count). The second kappa shape index (κ2) is 5.43. The molecule has 0 saturated heterocycles. The highest BCUT2D eigenvalue weighted by atomic mass is 16.3. The number of aromatic nitrogens is 1. The molecule has 0 bridgehead atoms. The van der Waals surface area contributed by atoms with Crippen LogP contribution in [0.4, 0.5) is 11.4 Å². The number of anilines is 2. The number of hydrogen-bond donors (Lipinski definition) is 1. The van der Waals surface area contributed by atoms with Gasteiger partial charge in [0.2, 0.25) is 5.91 Å². The molecular formula is C18H17N3O2. The predicted molar refractivity (Wildman–Crippen MR) is 89.7 cm³/mol. The molecule has 0 fully saturated rings. The van der Waals surface area contributed by atoms with E-state index in [4.69, 9.17) is 4.42 Å². The first-order valence-corrected chi connectivity index (χ1v) is 7.66. The van der Waals surface area contributed by atoms with Crippen molar-refractivity contribution in [3.05, 3.63) is 54.0 Å². The van der Waals surface area contributed by atoms with Gasteiger partial charge in [-0.2, -0.15) is 0 Å². The number of aryl methyl sites for hydroxylation is 1.